The van der Waals surface area contributed by atoms with Gasteiger partial charge in [0.25, 0.3) is 0 Å². The number of fused-ring (bicyclic) bond motifs is 2. The Bertz CT molecular complexity index is 1700. The molecule has 1 atom stereocenters. The molecule has 2 aromatic carbocycles. The van der Waals surface area contributed by atoms with E-state index in [4.69, 9.17) is 13.9 Å². The maximum atomic E-state index is 14.9. The molecule has 0 aliphatic carbocycles. The number of aromatic amines is 1. The fraction of sp³-hybridized carbons (Fsp3) is 0.231. The molecule has 2 N–H and O–H groups in total. The molecular formula is C26H22FN5O5. The zero-order valence-corrected chi connectivity index (χ0v) is 20.0. The molecule has 1 aliphatic heterocycles. The van der Waals surface area contributed by atoms with Crippen molar-refractivity contribution in [2.75, 3.05) is 31.7 Å². The number of hydrogen-bond acceptors (Lipinski definition) is 9. The van der Waals surface area contributed by atoms with E-state index in [9.17, 15) is 14.3 Å². The van der Waals surface area contributed by atoms with Gasteiger partial charge in [-0.1, -0.05) is 12.1 Å². The molecule has 4 heterocycles. The van der Waals surface area contributed by atoms with Gasteiger partial charge >= 0.3 is 11.6 Å². The molecule has 3 aromatic heterocycles. The molecule has 0 bridgehead atoms. The second kappa shape index (κ2) is 8.86. The predicted molar refractivity (Wildman–Crippen MR) is 133 cm³/mol. The number of morpholine rings is 1. The maximum absolute atomic E-state index is 14.9. The van der Waals surface area contributed by atoms with Crippen molar-refractivity contribution in [3.8, 4) is 23.1 Å². The summed E-state index contributed by atoms with van der Waals surface area (Å²) in [5.74, 6) is -0.133. The molecule has 37 heavy (non-hydrogen) atoms. The average molecular weight is 503 g/mol. The SMILES string of the molecule is COc1nc(N2CCOC(c3cn[nH]c3)C2)c2c(=O)oc(-c3cc(O)cc4cccc(F)c34)c(C)c2n1. The molecule has 1 unspecified atom stereocenters. The van der Waals surface area contributed by atoms with E-state index in [0.29, 0.717) is 42.0 Å². The quantitative estimate of drug-likeness (QED) is 0.376. The minimum atomic E-state index is -0.688. The third kappa shape index (κ3) is 3.84. The fourth-order valence-electron chi connectivity index (χ4n) is 4.82. The lowest BCUT2D eigenvalue weighted by atomic mass is 9.98. The van der Waals surface area contributed by atoms with Crippen LogP contribution in [0.1, 0.15) is 17.2 Å². The Balaban J connectivity index is 1.57. The minimum absolute atomic E-state index is 0.0699. The van der Waals surface area contributed by atoms with E-state index in [1.54, 1.807) is 31.5 Å². The summed E-state index contributed by atoms with van der Waals surface area (Å²) in [6, 6.07) is 7.44. The standard InChI is InChI=1S/C26H22FN5O5/c1-13-22-21(25(34)37-23(13)17-9-16(33)8-14-4-3-5-18(27)20(14)17)24(31-26(30-22)35-2)32-6-7-36-19(12-32)15-10-28-29-11-15/h3-5,8-11,19,33H,6-7,12H2,1-2H3,(H,28,29). The molecule has 1 fully saturated rings. The van der Waals surface area contributed by atoms with Crippen LogP contribution in [0.3, 0.4) is 0 Å². The number of aryl methyl sites for hydroxylation is 1. The number of ether oxygens (including phenoxy) is 2. The Kier molecular flexibility index (Phi) is 5.49. The first-order valence-electron chi connectivity index (χ1n) is 11.6. The van der Waals surface area contributed by atoms with Gasteiger partial charge in [-0.3, -0.25) is 5.10 Å². The summed E-state index contributed by atoms with van der Waals surface area (Å²) in [4.78, 5) is 24.4. The molecule has 1 aliphatic rings. The third-order valence-corrected chi connectivity index (χ3v) is 6.56. The van der Waals surface area contributed by atoms with Crippen molar-refractivity contribution in [1.29, 1.82) is 0 Å². The molecule has 11 heteroatoms. The average Bonchev–Trinajstić information content (AvgIpc) is 3.45. The van der Waals surface area contributed by atoms with E-state index < -0.39 is 11.4 Å². The van der Waals surface area contributed by atoms with Crippen LogP contribution in [-0.2, 0) is 4.74 Å². The van der Waals surface area contributed by atoms with Gasteiger partial charge in [-0.05, 0) is 30.5 Å². The van der Waals surface area contributed by atoms with Crippen LogP contribution in [0.4, 0.5) is 10.2 Å². The number of rotatable bonds is 4. The van der Waals surface area contributed by atoms with Crippen molar-refractivity contribution >= 4 is 27.5 Å². The lowest BCUT2D eigenvalue weighted by molar-refractivity contribution is 0.0396. The number of aromatic nitrogens is 4. The van der Waals surface area contributed by atoms with E-state index in [0.717, 1.165) is 5.56 Å². The normalized spacial score (nSPS) is 16.0. The molecule has 5 aromatic rings. The van der Waals surface area contributed by atoms with Crippen LogP contribution in [0, 0.1) is 12.7 Å². The first kappa shape index (κ1) is 22.9. The smallest absolute Gasteiger partial charge is 0.349 e. The van der Waals surface area contributed by atoms with E-state index >= 15 is 0 Å². The van der Waals surface area contributed by atoms with E-state index in [2.05, 4.69) is 20.2 Å². The molecule has 6 rings (SSSR count). The Morgan fingerprint density at radius 3 is 2.89 bits per heavy atom. The number of phenolic OH excluding ortho intramolecular Hbond substituents is 1. The van der Waals surface area contributed by atoms with Crippen LogP contribution < -0.4 is 15.3 Å². The zero-order chi connectivity index (χ0) is 25.7. The van der Waals surface area contributed by atoms with Gasteiger partial charge in [-0.25, -0.2) is 9.18 Å². The molecule has 0 amide bonds. The maximum Gasteiger partial charge on any atom is 0.349 e. The minimum Gasteiger partial charge on any atom is -0.508 e. The van der Waals surface area contributed by atoms with Crippen LogP contribution in [0.15, 0.2) is 51.9 Å². The van der Waals surface area contributed by atoms with Crippen LogP contribution >= 0.6 is 0 Å². The third-order valence-electron chi connectivity index (χ3n) is 6.56. The Labute approximate surface area is 209 Å². The molecule has 188 valence electrons. The van der Waals surface area contributed by atoms with E-state index in [1.165, 1.54) is 25.3 Å². The highest BCUT2D eigenvalue weighted by Gasteiger charge is 2.29. The van der Waals surface area contributed by atoms with Crippen molar-refractivity contribution in [2.24, 2.45) is 0 Å². The van der Waals surface area contributed by atoms with Crippen molar-refractivity contribution in [3.63, 3.8) is 0 Å². The lowest BCUT2D eigenvalue weighted by Crippen LogP contribution is -2.39. The topological polar surface area (TPSA) is 127 Å². The van der Waals surface area contributed by atoms with Gasteiger partial charge in [0.1, 0.15) is 28.8 Å². The van der Waals surface area contributed by atoms with Gasteiger partial charge < -0.3 is 23.9 Å². The molecular weight excluding hydrogens is 481 g/mol. The molecule has 0 radical (unpaired) electrons. The van der Waals surface area contributed by atoms with Gasteiger partial charge in [-0.2, -0.15) is 15.1 Å². The zero-order valence-electron chi connectivity index (χ0n) is 20.0. The number of nitrogens with one attached hydrogen (secondary N) is 1. The second-order valence-electron chi connectivity index (χ2n) is 8.77. The van der Waals surface area contributed by atoms with Gasteiger partial charge in [0, 0.05) is 34.8 Å². The lowest BCUT2D eigenvalue weighted by Gasteiger charge is -2.33. The number of H-pyrrole nitrogens is 1. The van der Waals surface area contributed by atoms with Crippen LogP contribution in [0.25, 0.3) is 33.0 Å². The largest absolute Gasteiger partial charge is 0.508 e. The highest BCUT2D eigenvalue weighted by atomic mass is 19.1. The van der Waals surface area contributed by atoms with Crippen LogP contribution in [0.5, 0.6) is 11.8 Å². The van der Waals surface area contributed by atoms with Crippen LogP contribution in [-0.4, -0.2) is 52.1 Å². The summed E-state index contributed by atoms with van der Waals surface area (Å²) in [6.07, 6.45) is 3.17. The number of nitrogens with zero attached hydrogens (tertiary/aromatic N) is 4. The monoisotopic (exact) mass is 503 g/mol. The van der Waals surface area contributed by atoms with Crippen molar-refractivity contribution < 1.29 is 23.4 Å². The van der Waals surface area contributed by atoms with Crippen molar-refractivity contribution in [2.45, 2.75) is 13.0 Å². The van der Waals surface area contributed by atoms with Gasteiger partial charge in [0.05, 0.1) is 32.0 Å². The van der Waals surface area contributed by atoms with Gasteiger partial charge in [0.15, 0.2) is 5.82 Å². The molecule has 0 spiro atoms. The second-order valence-corrected chi connectivity index (χ2v) is 8.77. The predicted octanol–water partition coefficient (Wildman–Crippen LogP) is 3.87. The highest BCUT2D eigenvalue weighted by Crippen LogP contribution is 2.38. The highest BCUT2D eigenvalue weighted by molar-refractivity contribution is 6.00. The summed E-state index contributed by atoms with van der Waals surface area (Å²) in [7, 11) is 1.44. The van der Waals surface area contributed by atoms with Crippen molar-refractivity contribution in [1.82, 2.24) is 20.2 Å². The number of aromatic hydroxyl groups is 1. The number of methoxy groups -OCH3 is 1. The Hall–Kier alpha value is -4.51. The number of phenols is 1. The Morgan fingerprint density at radius 1 is 1.24 bits per heavy atom. The first-order chi connectivity index (χ1) is 17.9. The van der Waals surface area contributed by atoms with Gasteiger partial charge in [-0.15, -0.1) is 0 Å². The molecule has 1 saturated heterocycles. The van der Waals surface area contributed by atoms with Gasteiger partial charge in [0.2, 0.25) is 0 Å². The van der Waals surface area contributed by atoms with E-state index in [-0.39, 0.29) is 40.0 Å². The summed E-state index contributed by atoms with van der Waals surface area (Å²) in [6.45, 7) is 3.02. The first-order valence-corrected chi connectivity index (χ1v) is 11.6. The van der Waals surface area contributed by atoms with E-state index in [1.807, 2.05) is 4.90 Å². The summed E-state index contributed by atoms with van der Waals surface area (Å²) >= 11 is 0. The summed E-state index contributed by atoms with van der Waals surface area (Å²) in [5.41, 5.74) is 1.22. The number of benzene rings is 2. The number of halogens is 1. The molecule has 0 saturated carbocycles. The number of hydrogen-bond donors (Lipinski definition) is 2. The summed E-state index contributed by atoms with van der Waals surface area (Å²) < 4.78 is 32.0. The van der Waals surface area contributed by atoms with Crippen LogP contribution in [0.2, 0.25) is 0 Å². The fourth-order valence-corrected chi connectivity index (χ4v) is 4.82. The number of anilines is 1. The Morgan fingerprint density at radius 2 is 2.11 bits per heavy atom. The molecule has 10 nitrogen and oxygen atoms in total. The van der Waals surface area contributed by atoms with Crippen molar-refractivity contribution in [3.05, 3.63) is 70.1 Å². The summed E-state index contributed by atoms with van der Waals surface area (Å²) in [5, 5.41) is 18.0.